The number of nitrogens with one attached hydrogen (secondary N) is 1. The zero-order valence-electron chi connectivity index (χ0n) is 12.9. The van der Waals surface area contributed by atoms with Gasteiger partial charge in [-0.15, -0.1) is 0 Å². The monoisotopic (exact) mass is 299 g/mol. The Hall–Kier alpha value is -1.07. The maximum atomic E-state index is 12.3. The molecule has 1 aromatic carbocycles. The molecule has 0 aliphatic heterocycles. The van der Waals surface area contributed by atoms with Crippen molar-refractivity contribution in [1.29, 1.82) is 0 Å². The molecule has 0 fully saturated rings. The lowest BCUT2D eigenvalue weighted by atomic mass is 10.0. The fourth-order valence-corrected chi connectivity index (χ4v) is 3.47. The molecular weight excluding hydrogens is 274 g/mol. The number of sulfonamides is 1. The topological polar surface area (TPSA) is 55.4 Å². The summed E-state index contributed by atoms with van der Waals surface area (Å²) in [6.07, 6.45) is 1.77. The number of hydrogen-bond acceptors (Lipinski definition) is 3. The normalized spacial score (nSPS) is 13.5. The highest BCUT2D eigenvalue weighted by Gasteiger charge is 2.19. The summed E-state index contributed by atoms with van der Waals surface area (Å²) in [6, 6.07) is 4.94. The van der Waals surface area contributed by atoms with Crippen LogP contribution in [-0.4, -0.2) is 21.6 Å². The summed E-state index contributed by atoms with van der Waals surface area (Å²) >= 11 is 0. The first-order valence-electron chi connectivity index (χ1n) is 7.02. The zero-order valence-corrected chi connectivity index (χ0v) is 13.8. The van der Waals surface area contributed by atoms with Gasteiger partial charge in [-0.2, -0.15) is 0 Å². The highest BCUT2D eigenvalue weighted by atomic mass is 32.2. The van der Waals surface area contributed by atoms with Gasteiger partial charge in [0.15, 0.2) is 0 Å². The molecule has 0 saturated heterocycles. The molecule has 1 atom stereocenters. The molecule has 114 valence electrons. The minimum Gasteiger partial charge on any atom is -0.496 e. The van der Waals surface area contributed by atoms with Crippen LogP contribution in [0, 0.1) is 0 Å². The van der Waals surface area contributed by atoms with Gasteiger partial charge < -0.3 is 4.74 Å². The van der Waals surface area contributed by atoms with Crippen LogP contribution in [0.5, 0.6) is 5.75 Å². The van der Waals surface area contributed by atoms with E-state index < -0.39 is 10.0 Å². The highest BCUT2D eigenvalue weighted by molar-refractivity contribution is 7.89. The van der Waals surface area contributed by atoms with Crippen LogP contribution in [0.2, 0.25) is 0 Å². The second-order valence-corrected chi connectivity index (χ2v) is 7.08. The molecule has 4 nitrogen and oxygen atoms in total. The van der Waals surface area contributed by atoms with Crippen molar-refractivity contribution in [1.82, 2.24) is 4.72 Å². The first-order valence-corrected chi connectivity index (χ1v) is 8.50. The van der Waals surface area contributed by atoms with Crippen molar-refractivity contribution in [2.75, 3.05) is 7.11 Å². The van der Waals surface area contributed by atoms with E-state index >= 15 is 0 Å². The van der Waals surface area contributed by atoms with Crippen molar-refractivity contribution in [2.24, 2.45) is 0 Å². The Labute approximate surface area is 122 Å². The molecule has 1 rings (SSSR count). The lowest BCUT2D eigenvalue weighted by Crippen LogP contribution is -2.32. The van der Waals surface area contributed by atoms with Gasteiger partial charge in [-0.1, -0.05) is 27.2 Å². The molecule has 0 amide bonds. The molecule has 0 aliphatic rings. The van der Waals surface area contributed by atoms with Gasteiger partial charge >= 0.3 is 0 Å². The van der Waals surface area contributed by atoms with Crippen molar-refractivity contribution in [2.45, 2.75) is 57.4 Å². The van der Waals surface area contributed by atoms with Gasteiger partial charge in [0.1, 0.15) is 5.75 Å². The van der Waals surface area contributed by atoms with Crippen molar-refractivity contribution >= 4 is 10.0 Å². The highest BCUT2D eigenvalue weighted by Crippen LogP contribution is 2.28. The Morgan fingerprint density at radius 1 is 1.25 bits per heavy atom. The van der Waals surface area contributed by atoms with E-state index in [1.54, 1.807) is 25.3 Å². The van der Waals surface area contributed by atoms with Crippen LogP contribution in [-0.2, 0) is 10.0 Å². The SMILES string of the molecule is CCC[C@@H](C)NS(=O)(=O)c1ccc(OC)c(C(C)C)c1. The average Bonchev–Trinajstić information content (AvgIpc) is 2.37. The third kappa shape index (κ3) is 4.21. The molecular formula is C15H25NO3S. The number of methoxy groups -OCH3 is 1. The van der Waals surface area contributed by atoms with E-state index in [9.17, 15) is 8.42 Å². The van der Waals surface area contributed by atoms with Gasteiger partial charge in [-0.3, -0.25) is 0 Å². The van der Waals surface area contributed by atoms with Crippen LogP contribution in [0.4, 0.5) is 0 Å². The quantitative estimate of drug-likeness (QED) is 0.840. The number of benzene rings is 1. The lowest BCUT2D eigenvalue weighted by Gasteiger charge is -2.16. The molecule has 1 aromatic rings. The zero-order chi connectivity index (χ0) is 15.3. The van der Waals surface area contributed by atoms with E-state index in [0.29, 0.717) is 4.90 Å². The van der Waals surface area contributed by atoms with Gasteiger partial charge in [0, 0.05) is 6.04 Å². The molecule has 0 heterocycles. The van der Waals surface area contributed by atoms with Crippen molar-refractivity contribution in [3.63, 3.8) is 0 Å². The fraction of sp³-hybridized carbons (Fsp3) is 0.600. The van der Waals surface area contributed by atoms with Gasteiger partial charge in [-0.25, -0.2) is 13.1 Å². The second kappa shape index (κ2) is 7.09. The molecule has 0 aliphatic carbocycles. The van der Waals surface area contributed by atoms with Gasteiger partial charge in [-0.05, 0) is 43.0 Å². The predicted octanol–water partition coefficient (Wildman–Crippen LogP) is 3.29. The average molecular weight is 299 g/mol. The van der Waals surface area contributed by atoms with Crippen LogP contribution in [0.3, 0.4) is 0 Å². The van der Waals surface area contributed by atoms with Crippen LogP contribution in [0.1, 0.15) is 52.0 Å². The van der Waals surface area contributed by atoms with E-state index in [1.165, 1.54) is 0 Å². The molecule has 0 saturated carbocycles. The predicted molar refractivity (Wildman–Crippen MR) is 81.8 cm³/mol. The first-order chi connectivity index (χ1) is 9.31. The number of ether oxygens (including phenoxy) is 1. The molecule has 0 bridgehead atoms. The minimum atomic E-state index is -3.47. The first kappa shape index (κ1) is 17.0. The van der Waals surface area contributed by atoms with Crippen molar-refractivity contribution < 1.29 is 13.2 Å². The Morgan fingerprint density at radius 3 is 2.40 bits per heavy atom. The minimum absolute atomic E-state index is 0.0606. The third-order valence-corrected chi connectivity index (χ3v) is 4.80. The molecule has 0 radical (unpaired) electrons. The molecule has 0 aromatic heterocycles. The Balaban J connectivity index is 3.10. The molecule has 1 N–H and O–H groups in total. The summed E-state index contributed by atoms with van der Waals surface area (Å²) in [7, 11) is -1.87. The summed E-state index contributed by atoms with van der Waals surface area (Å²) in [5, 5.41) is 0. The summed E-state index contributed by atoms with van der Waals surface area (Å²) in [5.41, 5.74) is 0.901. The van der Waals surface area contributed by atoms with Crippen molar-refractivity contribution in [3.8, 4) is 5.75 Å². The summed E-state index contributed by atoms with van der Waals surface area (Å²) in [4.78, 5) is 0.296. The molecule has 20 heavy (non-hydrogen) atoms. The maximum absolute atomic E-state index is 12.3. The van der Waals surface area contributed by atoms with E-state index in [-0.39, 0.29) is 12.0 Å². The van der Waals surface area contributed by atoms with Crippen LogP contribution in [0.25, 0.3) is 0 Å². The van der Waals surface area contributed by atoms with Crippen LogP contribution in [0.15, 0.2) is 23.1 Å². The fourth-order valence-electron chi connectivity index (χ4n) is 2.16. The van der Waals surface area contributed by atoms with E-state index in [1.807, 2.05) is 27.7 Å². The van der Waals surface area contributed by atoms with Crippen molar-refractivity contribution in [3.05, 3.63) is 23.8 Å². The maximum Gasteiger partial charge on any atom is 0.240 e. The van der Waals surface area contributed by atoms with Gasteiger partial charge in [0.2, 0.25) is 10.0 Å². The molecule has 0 unspecified atom stereocenters. The van der Waals surface area contributed by atoms with Gasteiger partial charge in [0.25, 0.3) is 0 Å². The summed E-state index contributed by atoms with van der Waals surface area (Å²) in [6.45, 7) is 7.95. The van der Waals surface area contributed by atoms with Crippen LogP contribution < -0.4 is 9.46 Å². The smallest absolute Gasteiger partial charge is 0.240 e. The van der Waals surface area contributed by atoms with Gasteiger partial charge in [0.05, 0.1) is 12.0 Å². The lowest BCUT2D eigenvalue weighted by molar-refractivity contribution is 0.407. The van der Waals surface area contributed by atoms with Crippen LogP contribution >= 0.6 is 0 Å². The second-order valence-electron chi connectivity index (χ2n) is 5.37. The molecule has 5 heteroatoms. The van der Waals surface area contributed by atoms with E-state index in [2.05, 4.69) is 4.72 Å². The van der Waals surface area contributed by atoms with E-state index in [4.69, 9.17) is 4.74 Å². The Morgan fingerprint density at radius 2 is 1.90 bits per heavy atom. The number of rotatable bonds is 7. The Kier molecular flexibility index (Phi) is 6.02. The molecule has 0 spiro atoms. The summed E-state index contributed by atoms with van der Waals surface area (Å²) in [5.74, 6) is 0.925. The number of hydrogen-bond donors (Lipinski definition) is 1. The van der Waals surface area contributed by atoms with E-state index in [0.717, 1.165) is 24.2 Å². The Bertz CT molecular complexity index is 538. The largest absolute Gasteiger partial charge is 0.496 e. The summed E-state index contributed by atoms with van der Waals surface area (Å²) < 4.78 is 32.7. The standard InChI is InChI=1S/C15H25NO3S/c1-6-7-12(4)16-20(17,18)13-8-9-15(19-5)14(10-13)11(2)3/h8-12,16H,6-7H2,1-5H3/t12-/m1/s1. The third-order valence-electron chi connectivity index (χ3n) is 3.21.